The first-order valence-electron chi connectivity index (χ1n) is 15.2. The highest BCUT2D eigenvalue weighted by Gasteiger charge is 2.38. The molecule has 248 valence electrons. The lowest BCUT2D eigenvalue weighted by atomic mass is 9.93. The Morgan fingerprint density at radius 3 is 1.17 bits per heavy atom. The van der Waals surface area contributed by atoms with Gasteiger partial charge in [0.15, 0.2) is 0 Å². The Labute approximate surface area is 277 Å². The van der Waals surface area contributed by atoms with Gasteiger partial charge in [-0.05, 0) is 103 Å². The fraction of sp³-hybridized carbons (Fsp3) is 0.263. The first-order valence-corrected chi connectivity index (χ1v) is 15.2. The van der Waals surface area contributed by atoms with E-state index in [1.54, 1.807) is 55.8 Å². The summed E-state index contributed by atoms with van der Waals surface area (Å²) in [5, 5.41) is 1.66. The van der Waals surface area contributed by atoms with Gasteiger partial charge in [0.1, 0.15) is 34.2 Å². The number of allylic oxidation sites excluding steroid dienone is 4. The SMILES string of the molecule is COc1ccc2oc(C)c(/C(C)=C3/C(=O)OC(=O)C3=C(C)C)c2c1.COc1ccc2oc(C)c(/C(C)=C3/C(=O)OC(=O)C3=C(C)C)c2c1. The second kappa shape index (κ2) is 12.9. The molecule has 2 aliphatic heterocycles. The van der Waals surface area contributed by atoms with E-state index in [0.29, 0.717) is 67.6 Å². The second-order valence-corrected chi connectivity index (χ2v) is 11.9. The molecule has 2 aromatic carbocycles. The van der Waals surface area contributed by atoms with Crippen LogP contribution in [0.5, 0.6) is 11.5 Å². The Bertz CT molecular complexity index is 2030. The molecule has 0 N–H and O–H groups in total. The van der Waals surface area contributed by atoms with Crippen LogP contribution < -0.4 is 9.47 Å². The summed E-state index contributed by atoms with van der Waals surface area (Å²) in [7, 11) is 3.18. The molecule has 0 unspecified atom stereocenters. The van der Waals surface area contributed by atoms with Crippen molar-refractivity contribution in [1.82, 2.24) is 0 Å². The van der Waals surface area contributed by atoms with Crippen LogP contribution in [0.15, 0.2) is 78.7 Å². The fourth-order valence-corrected chi connectivity index (χ4v) is 6.20. The Morgan fingerprint density at radius 2 is 0.854 bits per heavy atom. The van der Waals surface area contributed by atoms with Gasteiger partial charge in [0, 0.05) is 21.9 Å². The Morgan fingerprint density at radius 1 is 0.521 bits per heavy atom. The standard InChI is InChI=1S/2C19H18O5/c2*1-9(2)15-17(19(21)24-18(15)20)10(3)16-11(4)23-14-7-6-12(22-5)8-13(14)16/h2*6-8H,1-5H3/b2*17-10+. The fourth-order valence-electron chi connectivity index (χ4n) is 6.20. The van der Waals surface area contributed by atoms with E-state index in [1.165, 1.54) is 0 Å². The number of carbonyl (C=O) groups is 4. The highest BCUT2D eigenvalue weighted by atomic mass is 16.6. The number of aryl methyl sites for hydroxylation is 2. The molecule has 2 aromatic heterocycles. The maximum Gasteiger partial charge on any atom is 0.347 e. The lowest BCUT2D eigenvalue weighted by Gasteiger charge is -2.06. The summed E-state index contributed by atoms with van der Waals surface area (Å²) >= 11 is 0. The van der Waals surface area contributed by atoms with Crippen LogP contribution >= 0.6 is 0 Å². The van der Waals surface area contributed by atoms with Crippen molar-refractivity contribution in [2.45, 2.75) is 55.4 Å². The Kier molecular flexibility index (Phi) is 9.04. The largest absolute Gasteiger partial charge is 0.497 e. The predicted octanol–water partition coefficient (Wildman–Crippen LogP) is 7.89. The Balaban J connectivity index is 0.000000188. The number of carbonyl (C=O) groups excluding carboxylic acids is 4. The highest BCUT2D eigenvalue weighted by molar-refractivity contribution is 6.23. The quantitative estimate of drug-likeness (QED) is 0.122. The maximum absolute atomic E-state index is 12.2. The van der Waals surface area contributed by atoms with Crippen LogP contribution in [0.25, 0.3) is 33.1 Å². The number of fused-ring (bicyclic) bond motifs is 2. The molecule has 6 rings (SSSR count). The number of ether oxygens (including phenoxy) is 4. The zero-order valence-electron chi connectivity index (χ0n) is 28.5. The van der Waals surface area contributed by atoms with Crippen molar-refractivity contribution >= 4 is 57.0 Å². The molecular weight excluding hydrogens is 616 g/mol. The lowest BCUT2D eigenvalue weighted by Crippen LogP contribution is -2.00. The van der Waals surface area contributed by atoms with Crippen molar-refractivity contribution in [2.75, 3.05) is 14.2 Å². The minimum absolute atomic E-state index is 0.300. The van der Waals surface area contributed by atoms with E-state index in [9.17, 15) is 19.2 Å². The van der Waals surface area contributed by atoms with Crippen LogP contribution in [0, 0.1) is 13.8 Å². The molecule has 10 nitrogen and oxygen atoms in total. The van der Waals surface area contributed by atoms with E-state index in [1.807, 2.05) is 50.2 Å². The van der Waals surface area contributed by atoms with E-state index >= 15 is 0 Å². The second-order valence-electron chi connectivity index (χ2n) is 11.9. The van der Waals surface area contributed by atoms with Crippen molar-refractivity contribution in [2.24, 2.45) is 0 Å². The summed E-state index contributed by atoms with van der Waals surface area (Å²) in [5.74, 6) is 0.280. The summed E-state index contributed by atoms with van der Waals surface area (Å²) in [6.45, 7) is 14.4. The average molecular weight is 653 g/mol. The lowest BCUT2D eigenvalue weighted by molar-refractivity contribution is -0.151. The van der Waals surface area contributed by atoms with Crippen LogP contribution in [0.2, 0.25) is 0 Å². The van der Waals surface area contributed by atoms with Gasteiger partial charge in [-0.1, -0.05) is 11.1 Å². The van der Waals surface area contributed by atoms with Crippen molar-refractivity contribution in [1.29, 1.82) is 0 Å². The van der Waals surface area contributed by atoms with Crippen LogP contribution in [-0.4, -0.2) is 38.1 Å². The number of hydrogen-bond acceptors (Lipinski definition) is 10. The normalized spacial score (nSPS) is 16.6. The number of methoxy groups -OCH3 is 2. The van der Waals surface area contributed by atoms with Gasteiger partial charge < -0.3 is 27.8 Å². The molecule has 2 saturated heterocycles. The molecule has 0 radical (unpaired) electrons. The number of rotatable bonds is 4. The third-order valence-corrected chi connectivity index (χ3v) is 8.33. The van der Waals surface area contributed by atoms with Crippen molar-refractivity contribution in [3.63, 3.8) is 0 Å². The number of benzene rings is 2. The molecule has 0 spiro atoms. The molecule has 10 heteroatoms. The topological polar surface area (TPSA) is 131 Å². The van der Waals surface area contributed by atoms with Crippen LogP contribution in [0.1, 0.15) is 64.2 Å². The van der Waals surface area contributed by atoms with Gasteiger partial charge in [0.2, 0.25) is 0 Å². The van der Waals surface area contributed by atoms with E-state index in [-0.39, 0.29) is 0 Å². The molecule has 0 aliphatic carbocycles. The minimum atomic E-state index is -0.620. The average Bonchev–Trinajstić information content (AvgIpc) is 3.73. The Hall–Kier alpha value is -5.64. The van der Waals surface area contributed by atoms with E-state index in [0.717, 1.165) is 33.0 Å². The highest BCUT2D eigenvalue weighted by Crippen LogP contribution is 2.40. The smallest absolute Gasteiger partial charge is 0.347 e. The molecule has 48 heavy (non-hydrogen) atoms. The number of hydrogen-bond donors (Lipinski definition) is 0. The molecule has 4 aromatic rings. The van der Waals surface area contributed by atoms with Crippen molar-refractivity contribution < 1.29 is 47.0 Å². The summed E-state index contributed by atoms with van der Waals surface area (Å²) in [5.41, 5.74) is 7.00. The summed E-state index contributed by atoms with van der Waals surface area (Å²) in [6, 6.07) is 11.0. The molecule has 0 bridgehead atoms. The summed E-state index contributed by atoms with van der Waals surface area (Å²) < 4.78 is 31.8. The first-order chi connectivity index (χ1) is 22.7. The summed E-state index contributed by atoms with van der Waals surface area (Å²) in [4.78, 5) is 48.4. The zero-order chi connectivity index (χ0) is 35.2. The zero-order valence-corrected chi connectivity index (χ0v) is 28.5. The number of furan rings is 2. The van der Waals surface area contributed by atoms with Crippen molar-refractivity contribution in [3.05, 3.63) is 92.5 Å². The monoisotopic (exact) mass is 652 g/mol. The van der Waals surface area contributed by atoms with Gasteiger partial charge in [0.05, 0.1) is 36.5 Å². The van der Waals surface area contributed by atoms with E-state index in [4.69, 9.17) is 27.8 Å². The van der Waals surface area contributed by atoms with Gasteiger partial charge in [-0.3, -0.25) is 0 Å². The molecule has 0 atom stereocenters. The molecule has 0 amide bonds. The molecule has 2 aliphatic rings. The number of cyclic esters (lactones) is 4. The van der Waals surface area contributed by atoms with Gasteiger partial charge in [-0.25, -0.2) is 19.2 Å². The molecule has 4 heterocycles. The van der Waals surface area contributed by atoms with Crippen LogP contribution in [0.3, 0.4) is 0 Å². The molecule has 0 saturated carbocycles. The van der Waals surface area contributed by atoms with Gasteiger partial charge in [0.25, 0.3) is 0 Å². The molecular formula is C38H36O10. The van der Waals surface area contributed by atoms with E-state index in [2.05, 4.69) is 0 Å². The third-order valence-electron chi connectivity index (χ3n) is 8.33. The summed E-state index contributed by atoms with van der Waals surface area (Å²) in [6.07, 6.45) is 0. The third kappa shape index (κ3) is 5.74. The first kappa shape index (κ1) is 33.7. The van der Waals surface area contributed by atoms with Crippen LogP contribution in [-0.2, 0) is 28.7 Å². The van der Waals surface area contributed by atoms with Gasteiger partial charge in [-0.2, -0.15) is 0 Å². The minimum Gasteiger partial charge on any atom is -0.497 e. The molecule has 2 fully saturated rings. The predicted molar refractivity (Wildman–Crippen MR) is 179 cm³/mol. The van der Waals surface area contributed by atoms with Gasteiger partial charge in [-0.15, -0.1) is 0 Å². The van der Waals surface area contributed by atoms with Gasteiger partial charge >= 0.3 is 23.9 Å². The van der Waals surface area contributed by atoms with Crippen LogP contribution in [0.4, 0.5) is 0 Å². The maximum atomic E-state index is 12.2. The van der Waals surface area contributed by atoms with Crippen molar-refractivity contribution in [3.8, 4) is 11.5 Å². The number of esters is 4. The van der Waals surface area contributed by atoms with E-state index < -0.39 is 23.9 Å².